The van der Waals surface area contributed by atoms with Crippen LogP contribution in [-0.4, -0.2) is 53.0 Å². The van der Waals surface area contributed by atoms with Gasteiger partial charge in [-0.3, -0.25) is 4.68 Å². The number of para-hydroxylation sites is 1. The molecule has 0 radical (unpaired) electrons. The molecule has 3 aromatic heterocycles. The van der Waals surface area contributed by atoms with Gasteiger partial charge in [0.25, 0.3) is 0 Å². The van der Waals surface area contributed by atoms with Crippen LogP contribution >= 0.6 is 15.9 Å². The smallest absolute Gasteiger partial charge is 0.326 e. The van der Waals surface area contributed by atoms with E-state index < -0.39 is 12.0 Å². The third-order valence-electron chi connectivity index (χ3n) is 4.62. The second-order valence-corrected chi connectivity index (χ2v) is 7.28. The molecule has 144 valence electrons. The molecule has 0 amide bonds. The maximum Gasteiger partial charge on any atom is 0.326 e. The van der Waals surface area contributed by atoms with Gasteiger partial charge in [-0.25, -0.2) is 14.8 Å². The SMILES string of the molecule is CCN(c1nc2c(Br)cccc2c2nc(-c3cnn(C)c3)nn12)[C@H](C)C(=O)O. The maximum atomic E-state index is 11.6. The molecule has 3 heterocycles. The minimum Gasteiger partial charge on any atom is -0.480 e. The summed E-state index contributed by atoms with van der Waals surface area (Å²) in [5.41, 5.74) is 2.08. The number of aryl methyl sites for hydroxylation is 1. The van der Waals surface area contributed by atoms with Crippen LogP contribution in [-0.2, 0) is 11.8 Å². The minimum absolute atomic E-state index is 0.425. The van der Waals surface area contributed by atoms with E-state index in [-0.39, 0.29) is 0 Å². The van der Waals surface area contributed by atoms with Crippen molar-refractivity contribution < 1.29 is 9.90 Å². The van der Waals surface area contributed by atoms with Gasteiger partial charge in [-0.05, 0) is 41.9 Å². The van der Waals surface area contributed by atoms with Gasteiger partial charge >= 0.3 is 5.97 Å². The molecule has 4 aromatic rings. The number of halogens is 1. The predicted molar refractivity (Wildman–Crippen MR) is 108 cm³/mol. The van der Waals surface area contributed by atoms with Gasteiger partial charge in [0.1, 0.15) is 6.04 Å². The quantitative estimate of drug-likeness (QED) is 0.505. The van der Waals surface area contributed by atoms with Crippen molar-refractivity contribution in [3.63, 3.8) is 0 Å². The van der Waals surface area contributed by atoms with Gasteiger partial charge in [-0.2, -0.15) is 9.61 Å². The third-order valence-corrected chi connectivity index (χ3v) is 5.26. The van der Waals surface area contributed by atoms with Crippen molar-refractivity contribution in [2.24, 2.45) is 7.05 Å². The van der Waals surface area contributed by atoms with Crippen molar-refractivity contribution in [2.45, 2.75) is 19.9 Å². The maximum absolute atomic E-state index is 11.6. The lowest BCUT2D eigenvalue weighted by Gasteiger charge is -2.26. The summed E-state index contributed by atoms with van der Waals surface area (Å²) in [5, 5.41) is 19.2. The highest BCUT2D eigenvalue weighted by Gasteiger charge is 2.26. The van der Waals surface area contributed by atoms with Crippen molar-refractivity contribution in [1.82, 2.24) is 29.4 Å². The number of likely N-dealkylation sites (N-methyl/N-ethyl adjacent to an activating group) is 1. The van der Waals surface area contributed by atoms with E-state index in [0.29, 0.717) is 29.5 Å². The standard InChI is InChI=1S/C18H18BrN7O2/c1-4-25(10(2)17(27)28)18-21-14-12(6-5-7-13(14)19)16-22-15(23-26(16)18)11-8-20-24(3)9-11/h5-10H,4H2,1-3H3,(H,27,28)/t10-/m1/s1. The zero-order valence-electron chi connectivity index (χ0n) is 15.5. The summed E-state index contributed by atoms with van der Waals surface area (Å²) in [6.07, 6.45) is 3.52. The van der Waals surface area contributed by atoms with E-state index in [0.717, 1.165) is 15.4 Å². The Kier molecular flexibility index (Phi) is 4.50. The summed E-state index contributed by atoms with van der Waals surface area (Å²) in [4.78, 5) is 22.8. The number of rotatable bonds is 5. The first-order valence-corrected chi connectivity index (χ1v) is 9.53. The molecule has 0 saturated heterocycles. The molecular weight excluding hydrogens is 426 g/mol. The van der Waals surface area contributed by atoms with Crippen molar-refractivity contribution in [3.05, 3.63) is 35.1 Å². The minimum atomic E-state index is -0.934. The number of aliphatic carboxylic acids is 1. The number of hydrogen-bond acceptors (Lipinski definition) is 6. The second-order valence-electron chi connectivity index (χ2n) is 6.42. The molecule has 0 aliphatic heterocycles. The van der Waals surface area contributed by atoms with Gasteiger partial charge in [0, 0.05) is 29.6 Å². The monoisotopic (exact) mass is 443 g/mol. The first-order chi connectivity index (χ1) is 13.4. The normalized spacial score (nSPS) is 12.6. The molecule has 10 heteroatoms. The second kappa shape index (κ2) is 6.86. The topological polar surface area (TPSA) is 101 Å². The summed E-state index contributed by atoms with van der Waals surface area (Å²) in [5.74, 6) is -0.00582. The summed E-state index contributed by atoms with van der Waals surface area (Å²) in [7, 11) is 1.83. The van der Waals surface area contributed by atoms with E-state index in [9.17, 15) is 9.90 Å². The largest absolute Gasteiger partial charge is 0.480 e. The van der Waals surface area contributed by atoms with E-state index in [1.165, 1.54) is 0 Å². The Morgan fingerprint density at radius 1 is 1.36 bits per heavy atom. The Bertz CT molecular complexity index is 1200. The molecule has 0 bridgehead atoms. The predicted octanol–water partition coefficient (Wildman–Crippen LogP) is 2.74. The zero-order valence-corrected chi connectivity index (χ0v) is 17.1. The molecule has 0 fully saturated rings. The summed E-state index contributed by atoms with van der Waals surface area (Å²) in [6, 6.07) is 4.95. The van der Waals surface area contributed by atoms with Crippen LogP contribution in [0, 0.1) is 0 Å². The summed E-state index contributed by atoms with van der Waals surface area (Å²) in [6.45, 7) is 3.96. The number of anilines is 1. The Morgan fingerprint density at radius 2 is 2.14 bits per heavy atom. The average molecular weight is 444 g/mol. The third kappa shape index (κ3) is 2.89. The van der Waals surface area contributed by atoms with E-state index in [2.05, 4.69) is 26.1 Å². The van der Waals surface area contributed by atoms with Crippen LogP contribution in [0.4, 0.5) is 5.95 Å². The fourth-order valence-corrected chi connectivity index (χ4v) is 3.60. The van der Waals surface area contributed by atoms with Crippen LogP contribution in [0.5, 0.6) is 0 Å². The van der Waals surface area contributed by atoms with Crippen LogP contribution < -0.4 is 4.90 Å². The van der Waals surface area contributed by atoms with Gasteiger partial charge < -0.3 is 10.0 Å². The highest BCUT2D eigenvalue weighted by molar-refractivity contribution is 9.10. The van der Waals surface area contributed by atoms with Crippen LogP contribution in [0.15, 0.2) is 35.1 Å². The lowest BCUT2D eigenvalue weighted by molar-refractivity contribution is -0.138. The molecule has 28 heavy (non-hydrogen) atoms. The highest BCUT2D eigenvalue weighted by atomic mass is 79.9. The van der Waals surface area contributed by atoms with Crippen LogP contribution in [0.2, 0.25) is 0 Å². The lowest BCUT2D eigenvalue weighted by atomic mass is 10.2. The molecule has 0 unspecified atom stereocenters. The number of aromatic nitrogens is 6. The van der Waals surface area contributed by atoms with Crippen LogP contribution in [0.25, 0.3) is 27.9 Å². The molecule has 0 saturated carbocycles. The van der Waals surface area contributed by atoms with Gasteiger partial charge in [0.15, 0.2) is 11.5 Å². The van der Waals surface area contributed by atoms with Crippen LogP contribution in [0.3, 0.4) is 0 Å². The fraction of sp³-hybridized carbons (Fsp3) is 0.278. The first-order valence-electron chi connectivity index (χ1n) is 8.74. The zero-order chi connectivity index (χ0) is 20.0. The van der Waals surface area contributed by atoms with Gasteiger partial charge in [0.05, 0.1) is 17.3 Å². The first kappa shape index (κ1) is 18.4. The molecule has 1 atom stereocenters. The number of carboxylic acid groups (broad SMARTS) is 1. The number of carbonyl (C=O) groups is 1. The Hall–Kier alpha value is -3.01. The van der Waals surface area contributed by atoms with Crippen molar-refractivity contribution >= 4 is 44.4 Å². The molecule has 0 aliphatic rings. The molecule has 1 aromatic carbocycles. The van der Waals surface area contributed by atoms with Crippen molar-refractivity contribution in [1.29, 1.82) is 0 Å². The molecule has 0 aliphatic carbocycles. The van der Waals surface area contributed by atoms with E-state index in [4.69, 9.17) is 9.97 Å². The molecule has 9 nitrogen and oxygen atoms in total. The number of carboxylic acids is 1. The molecule has 4 rings (SSSR count). The summed E-state index contributed by atoms with van der Waals surface area (Å²) >= 11 is 3.54. The lowest BCUT2D eigenvalue weighted by Crippen LogP contribution is -2.40. The van der Waals surface area contributed by atoms with Crippen molar-refractivity contribution in [2.75, 3.05) is 11.4 Å². The Morgan fingerprint density at radius 3 is 2.79 bits per heavy atom. The Balaban J connectivity index is 2.05. The van der Waals surface area contributed by atoms with E-state index >= 15 is 0 Å². The number of hydrogen-bond donors (Lipinski definition) is 1. The molecule has 1 N–H and O–H groups in total. The number of fused-ring (bicyclic) bond motifs is 3. The number of benzene rings is 1. The Labute approximate surface area is 168 Å². The van der Waals surface area contributed by atoms with E-state index in [1.54, 1.807) is 27.2 Å². The van der Waals surface area contributed by atoms with Gasteiger partial charge in [0.2, 0.25) is 5.95 Å². The highest BCUT2D eigenvalue weighted by Crippen LogP contribution is 2.30. The molecular formula is C18H18BrN7O2. The average Bonchev–Trinajstić information content (AvgIpc) is 3.29. The van der Waals surface area contributed by atoms with Crippen LogP contribution in [0.1, 0.15) is 13.8 Å². The summed E-state index contributed by atoms with van der Waals surface area (Å²) < 4.78 is 4.10. The van der Waals surface area contributed by atoms with Crippen molar-refractivity contribution in [3.8, 4) is 11.4 Å². The fourth-order valence-electron chi connectivity index (χ4n) is 3.15. The van der Waals surface area contributed by atoms with E-state index in [1.807, 2.05) is 38.4 Å². The van der Waals surface area contributed by atoms with Gasteiger partial charge in [-0.1, -0.05) is 6.07 Å². The number of nitrogens with zero attached hydrogens (tertiary/aromatic N) is 7. The van der Waals surface area contributed by atoms with Gasteiger partial charge in [-0.15, -0.1) is 5.10 Å². The molecule has 0 spiro atoms.